The van der Waals surface area contributed by atoms with Crippen LogP contribution < -0.4 is 0 Å². The molecular formula is C15H11NO2S. The van der Waals surface area contributed by atoms with Crippen molar-refractivity contribution in [3.8, 4) is 0 Å². The number of fused-ring (bicyclic) bond motifs is 1. The lowest BCUT2D eigenvalue weighted by Gasteiger charge is -1.98. The van der Waals surface area contributed by atoms with Crippen LogP contribution in [0.15, 0.2) is 64.2 Å². The van der Waals surface area contributed by atoms with Gasteiger partial charge in [-0.3, -0.25) is 9.78 Å². The van der Waals surface area contributed by atoms with Gasteiger partial charge < -0.3 is 4.42 Å². The summed E-state index contributed by atoms with van der Waals surface area (Å²) >= 11 is 1.48. The molecule has 0 atom stereocenters. The van der Waals surface area contributed by atoms with Crippen LogP contribution in [0.5, 0.6) is 0 Å². The number of thioether (sulfide) groups is 1. The number of pyridine rings is 1. The predicted octanol–water partition coefficient (Wildman–Crippen LogP) is 3.80. The highest BCUT2D eigenvalue weighted by molar-refractivity contribution is 8.00. The SMILES string of the molecule is O=C(CSc1ccncc1)c1cc2ccccc2o1. The van der Waals surface area contributed by atoms with Gasteiger partial charge >= 0.3 is 0 Å². The van der Waals surface area contributed by atoms with E-state index in [0.29, 0.717) is 11.5 Å². The molecule has 0 unspecified atom stereocenters. The number of para-hydroxylation sites is 1. The molecule has 2 heterocycles. The van der Waals surface area contributed by atoms with Crippen LogP contribution in [0.3, 0.4) is 0 Å². The van der Waals surface area contributed by atoms with E-state index in [1.54, 1.807) is 18.5 Å². The molecule has 19 heavy (non-hydrogen) atoms. The summed E-state index contributed by atoms with van der Waals surface area (Å²) in [4.78, 5) is 17.0. The van der Waals surface area contributed by atoms with Gasteiger partial charge in [-0.25, -0.2) is 0 Å². The van der Waals surface area contributed by atoms with Crippen LogP contribution in [0.4, 0.5) is 0 Å². The Kier molecular flexibility index (Phi) is 3.33. The molecule has 0 radical (unpaired) electrons. The Hall–Kier alpha value is -2.07. The number of carbonyl (C=O) groups is 1. The van der Waals surface area contributed by atoms with Gasteiger partial charge in [0.25, 0.3) is 0 Å². The van der Waals surface area contributed by atoms with E-state index in [4.69, 9.17) is 4.42 Å². The van der Waals surface area contributed by atoms with E-state index in [-0.39, 0.29) is 5.78 Å². The molecule has 0 amide bonds. The highest BCUT2D eigenvalue weighted by Crippen LogP contribution is 2.22. The first-order chi connectivity index (χ1) is 9.33. The standard InChI is InChI=1S/C15H11NO2S/c17-13(10-19-12-5-7-16-8-6-12)15-9-11-3-1-2-4-14(11)18-15/h1-9H,10H2. The summed E-state index contributed by atoms with van der Waals surface area (Å²) in [6.07, 6.45) is 3.43. The molecule has 0 aliphatic carbocycles. The third kappa shape index (κ3) is 2.69. The van der Waals surface area contributed by atoms with E-state index in [1.165, 1.54) is 11.8 Å². The van der Waals surface area contributed by atoms with Gasteiger partial charge in [0, 0.05) is 22.7 Å². The quantitative estimate of drug-likeness (QED) is 0.533. The zero-order valence-electron chi connectivity index (χ0n) is 10.1. The van der Waals surface area contributed by atoms with Crippen LogP contribution in [0, 0.1) is 0 Å². The molecule has 0 fully saturated rings. The normalized spacial score (nSPS) is 10.7. The summed E-state index contributed by atoms with van der Waals surface area (Å²) in [6.45, 7) is 0. The van der Waals surface area contributed by atoms with E-state index >= 15 is 0 Å². The fourth-order valence-electron chi connectivity index (χ4n) is 1.77. The van der Waals surface area contributed by atoms with Crippen LogP contribution in [-0.2, 0) is 0 Å². The summed E-state index contributed by atoms with van der Waals surface area (Å²) in [5, 5.41) is 0.958. The van der Waals surface area contributed by atoms with Crippen LogP contribution in [0.1, 0.15) is 10.6 Å². The van der Waals surface area contributed by atoms with Crippen LogP contribution in [0.2, 0.25) is 0 Å². The van der Waals surface area contributed by atoms with Gasteiger partial charge in [0.1, 0.15) is 5.58 Å². The van der Waals surface area contributed by atoms with Crippen LogP contribution in [0.25, 0.3) is 11.0 Å². The Bertz CT molecular complexity index is 673. The Morgan fingerprint density at radius 2 is 1.95 bits per heavy atom. The Morgan fingerprint density at radius 1 is 1.16 bits per heavy atom. The van der Waals surface area contributed by atoms with Gasteiger partial charge in [0.15, 0.2) is 5.76 Å². The molecule has 0 bridgehead atoms. The number of furan rings is 1. The maximum atomic E-state index is 12.1. The van der Waals surface area contributed by atoms with Crippen molar-refractivity contribution in [2.45, 2.75) is 4.90 Å². The van der Waals surface area contributed by atoms with Crippen molar-refractivity contribution in [3.63, 3.8) is 0 Å². The number of aromatic nitrogens is 1. The topological polar surface area (TPSA) is 43.1 Å². The number of hydrogen-bond acceptors (Lipinski definition) is 4. The van der Waals surface area contributed by atoms with Gasteiger partial charge in [-0.2, -0.15) is 0 Å². The molecule has 1 aromatic carbocycles. The van der Waals surface area contributed by atoms with E-state index in [1.807, 2.05) is 36.4 Å². The second kappa shape index (κ2) is 5.28. The second-order valence-corrected chi connectivity index (χ2v) is 5.09. The largest absolute Gasteiger partial charge is 0.453 e. The Morgan fingerprint density at radius 3 is 2.74 bits per heavy atom. The lowest BCUT2D eigenvalue weighted by atomic mass is 10.2. The van der Waals surface area contributed by atoms with Crippen molar-refractivity contribution in [3.05, 3.63) is 60.6 Å². The highest BCUT2D eigenvalue weighted by Gasteiger charge is 2.12. The molecule has 3 nitrogen and oxygen atoms in total. The third-order valence-corrected chi connectivity index (χ3v) is 3.73. The minimum atomic E-state index is -0.00184. The van der Waals surface area contributed by atoms with Gasteiger partial charge in [-0.05, 0) is 24.3 Å². The number of benzene rings is 1. The molecule has 0 saturated heterocycles. The first kappa shape index (κ1) is 12.0. The first-order valence-corrected chi connectivity index (χ1v) is 6.86. The maximum Gasteiger partial charge on any atom is 0.208 e. The van der Waals surface area contributed by atoms with E-state index in [2.05, 4.69) is 4.98 Å². The minimum absolute atomic E-state index is 0.00184. The van der Waals surface area contributed by atoms with Gasteiger partial charge in [-0.1, -0.05) is 18.2 Å². The predicted molar refractivity (Wildman–Crippen MR) is 75.5 cm³/mol. The van der Waals surface area contributed by atoms with Gasteiger partial charge in [0.2, 0.25) is 5.78 Å². The molecule has 94 valence electrons. The molecule has 0 spiro atoms. The number of ketones is 1. The maximum absolute atomic E-state index is 12.1. The zero-order chi connectivity index (χ0) is 13.1. The Labute approximate surface area is 114 Å². The smallest absolute Gasteiger partial charge is 0.208 e. The van der Waals surface area contributed by atoms with E-state index in [0.717, 1.165) is 15.9 Å². The zero-order valence-corrected chi connectivity index (χ0v) is 10.9. The lowest BCUT2D eigenvalue weighted by Crippen LogP contribution is -2.00. The first-order valence-electron chi connectivity index (χ1n) is 5.87. The summed E-state index contributed by atoms with van der Waals surface area (Å²) < 4.78 is 5.54. The second-order valence-electron chi connectivity index (χ2n) is 4.04. The molecule has 3 rings (SSSR count). The van der Waals surface area contributed by atoms with Gasteiger partial charge in [0.05, 0.1) is 5.75 Å². The Balaban J connectivity index is 1.73. The summed E-state index contributed by atoms with van der Waals surface area (Å²) in [7, 11) is 0. The summed E-state index contributed by atoms with van der Waals surface area (Å²) in [5.41, 5.74) is 0.750. The number of hydrogen-bond donors (Lipinski definition) is 0. The molecule has 3 aromatic rings. The number of nitrogens with zero attached hydrogens (tertiary/aromatic N) is 1. The molecular weight excluding hydrogens is 258 g/mol. The average Bonchev–Trinajstić information content (AvgIpc) is 2.90. The van der Waals surface area contributed by atoms with Gasteiger partial charge in [-0.15, -0.1) is 11.8 Å². The van der Waals surface area contributed by atoms with Crippen molar-refractivity contribution in [1.82, 2.24) is 4.98 Å². The summed E-state index contributed by atoms with van der Waals surface area (Å²) in [5.74, 6) is 0.782. The monoisotopic (exact) mass is 269 g/mol. The van der Waals surface area contributed by atoms with Crippen molar-refractivity contribution >= 4 is 28.5 Å². The van der Waals surface area contributed by atoms with Crippen molar-refractivity contribution in [2.24, 2.45) is 0 Å². The molecule has 4 heteroatoms. The van der Waals surface area contributed by atoms with E-state index < -0.39 is 0 Å². The highest BCUT2D eigenvalue weighted by atomic mass is 32.2. The van der Waals surface area contributed by atoms with Crippen LogP contribution >= 0.6 is 11.8 Å². The number of carbonyl (C=O) groups excluding carboxylic acids is 1. The molecule has 0 saturated carbocycles. The molecule has 0 N–H and O–H groups in total. The van der Waals surface area contributed by atoms with Crippen molar-refractivity contribution in [2.75, 3.05) is 5.75 Å². The fraction of sp³-hybridized carbons (Fsp3) is 0.0667. The fourth-order valence-corrected chi connectivity index (χ4v) is 2.53. The van der Waals surface area contributed by atoms with E-state index in [9.17, 15) is 4.79 Å². The number of rotatable bonds is 4. The number of Topliss-reactive ketones (excluding diaryl/α,β-unsaturated/α-hetero) is 1. The van der Waals surface area contributed by atoms with Crippen LogP contribution in [-0.4, -0.2) is 16.5 Å². The average molecular weight is 269 g/mol. The lowest BCUT2D eigenvalue weighted by molar-refractivity contribution is 0.0994. The van der Waals surface area contributed by atoms with Crippen molar-refractivity contribution < 1.29 is 9.21 Å². The van der Waals surface area contributed by atoms with Crippen molar-refractivity contribution in [1.29, 1.82) is 0 Å². The molecule has 2 aromatic heterocycles. The third-order valence-electron chi connectivity index (χ3n) is 2.72. The summed E-state index contributed by atoms with van der Waals surface area (Å²) in [6, 6.07) is 13.2. The minimum Gasteiger partial charge on any atom is -0.453 e. The molecule has 0 aliphatic heterocycles. The molecule has 0 aliphatic rings.